The molecule has 1 atom stereocenters. The van der Waals surface area contributed by atoms with E-state index in [1.54, 1.807) is 0 Å². The van der Waals surface area contributed by atoms with Crippen LogP contribution in [0.3, 0.4) is 0 Å². The zero-order valence-electron chi connectivity index (χ0n) is 35.0. The average molecular weight is 739 g/mol. The van der Waals surface area contributed by atoms with Crippen LogP contribution in [-0.2, 0) is 14.3 Å². The van der Waals surface area contributed by atoms with Gasteiger partial charge in [-0.1, -0.05) is 189 Å². The first-order chi connectivity index (χ1) is 26.2. The number of unbranched alkanes of at least 4 members (excludes halogenated alkanes) is 21. The minimum atomic E-state index is -0.547. The molecule has 4 nitrogen and oxygen atoms in total. The Morgan fingerprint density at radius 1 is 0.472 bits per heavy atom. The number of aliphatic hydroxyl groups is 1. The number of allylic oxidation sites excluding steroid dienone is 12. The van der Waals surface area contributed by atoms with E-state index in [2.05, 4.69) is 86.8 Å². The van der Waals surface area contributed by atoms with Crippen molar-refractivity contribution in [2.24, 2.45) is 0 Å². The van der Waals surface area contributed by atoms with Crippen molar-refractivity contribution in [3.8, 4) is 0 Å². The SMILES string of the molecule is CC/C=C\C/C=C\C/C=C\C/C=C\C/C=C\CCCCCCCCOCC(CO)OC(=O)CCCCCCCCCCC/C=C\CCCCCCCC. The summed E-state index contributed by atoms with van der Waals surface area (Å²) in [6.07, 6.45) is 62.5. The minimum absolute atomic E-state index is 0.181. The Morgan fingerprint density at radius 3 is 1.30 bits per heavy atom. The monoisotopic (exact) mass is 739 g/mol. The molecule has 0 saturated heterocycles. The molecule has 0 saturated carbocycles. The van der Waals surface area contributed by atoms with Crippen molar-refractivity contribution in [2.75, 3.05) is 19.8 Å². The van der Waals surface area contributed by atoms with E-state index in [1.165, 1.54) is 122 Å². The van der Waals surface area contributed by atoms with Gasteiger partial charge in [0.2, 0.25) is 0 Å². The largest absolute Gasteiger partial charge is 0.457 e. The summed E-state index contributed by atoms with van der Waals surface area (Å²) in [6.45, 7) is 5.20. The van der Waals surface area contributed by atoms with Crippen LogP contribution in [0.2, 0.25) is 0 Å². The smallest absolute Gasteiger partial charge is 0.306 e. The maximum Gasteiger partial charge on any atom is 0.306 e. The van der Waals surface area contributed by atoms with Crippen molar-refractivity contribution in [3.05, 3.63) is 72.9 Å². The van der Waals surface area contributed by atoms with Gasteiger partial charge in [0.05, 0.1) is 13.2 Å². The molecular weight excluding hydrogens is 653 g/mol. The van der Waals surface area contributed by atoms with Gasteiger partial charge in [0, 0.05) is 13.0 Å². The van der Waals surface area contributed by atoms with Crippen LogP contribution in [-0.4, -0.2) is 37.0 Å². The molecule has 1 unspecified atom stereocenters. The number of carbonyl (C=O) groups is 1. The van der Waals surface area contributed by atoms with Gasteiger partial charge in [-0.25, -0.2) is 0 Å². The number of carbonyl (C=O) groups excluding carboxylic acids is 1. The van der Waals surface area contributed by atoms with Crippen LogP contribution >= 0.6 is 0 Å². The number of esters is 1. The van der Waals surface area contributed by atoms with Gasteiger partial charge in [-0.2, -0.15) is 0 Å². The molecule has 0 radical (unpaired) electrons. The molecule has 0 aliphatic carbocycles. The quantitative estimate of drug-likeness (QED) is 0.0385. The summed E-state index contributed by atoms with van der Waals surface area (Å²) in [7, 11) is 0. The Bertz CT molecular complexity index is 911. The third-order valence-corrected chi connectivity index (χ3v) is 9.52. The molecule has 0 heterocycles. The van der Waals surface area contributed by atoms with Crippen LogP contribution in [0.5, 0.6) is 0 Å². The van der Waals surface area contributed by atoms with Crippen LogP contribution in [0.15, 0.2) is 72.9 Å². The normalized spacial score (nSPS) is 13.0. The Kier molecular flexibility index (Phi) is 44.1. The Balaban J connectivity index is 3.49. The first-order valence-electron chi connectivity index (χ1n) is 22.5. The molecular formula is C49H86O4. The molecule has 0 spiro atoms. The first kappa shape index (κ1) is 50.8. The standard InChI is InChI=1S/C49H86O4/c1-3-5-7-9-11-13-15-17-19-21-23-24-25-27-29-31-33-35-37-39-41-43-45-52-47-48(46-50)53-49(51)44-42-40-38-36-34-32-30-28-26-22-20-18-16-14-12-10-8-6-4-2/h5,7,11,13,17-20,23-24,27,29,48,50H,3-4,6,8-10,12,14-16,21-22,25-26,28,30-47H2,1-2H3/b7-5-,13-11-,19-17-,20-18-,24-23-,29-27-. The van der Waals surface area contributed by atoms with Crippen molar-refractivity contribution < 1.29 is 19.4 Å². The molecule has 0 bridgehead atoms. The van der Waals surface area contributed by atoms with E-state index in [4.69, 9.17) is 9.47 Å². The molecule has 53 heavy (non-hydrogen) atoms. The van der Waals surface area contributed by atoms with Crippen LogP contribution in [0, 0.1) is 0 Å². The Morgan fingerprint density at radius 2 is 0.849 bits per heavy atom. The molecule has 0 aromatic rings. The molecule has 0 aromatic heterocycles. The Labute approximate surface area is 329 Å². The number of hydrogen-bond acceptors (Lipinski definition) is 4. The lowest BCUT2D eigenvalue weighted by atomic mass is 10.1. The maximum atomic E-state index is 12.2. The van der Waals surface area contributed by atoms with Gasteiger partial charge in [-0.05, 0) is 83.5 Å². The van der Waals surface area contributed by atoms with Crippen molar-refractivity contribution >= 4 is 5.97 Å². The minimum Gasteiger partial charge on any atom is -0.457 e. The summed E-state index contributed by atoms with van der Waals surface area (Å²) in [5.41, 5.74) is 0. The van der Waals surface area contributed by atoms with Crippen LogP contribution in [0.4, 0.5) is 0 Å². The average Bonchev–Trinajstić information content (AvgIpc) is 3.16. The fourth-order valence-corrected chi connectivity index (χ4v) is 6.17. The van der Waals surface area contributed by atoms with Gasteiger partial charge in [0.25, 0.3) is 0 Å². The summed E-state index contributed by atoms with van der Waals surface area (Å²) >= 11 is 0. The van der Waals surface area contributed by atoms with E-state index in [0.717, 1.165) is 64.2 Å². The molecule has 0 amide bonds. The van der Waals surface area contributed by atoms with Gasteiger partial charge in [0.1, 0.15) is 6.10 Å². The number of hydrogen-bond donors (Lipinski definition) is 1. The van der Waals surface area contributed by atoms with E-state index in [-0.39, 0.29) is 19.2 Å². The topological polar surface area (TPSA) is 55.8 Å². The molecule has 0 aromatic carbocycles. The number of aliphatic hydroxyl groups excluding tert-OH is 1. The maximum absolute atomic E-state index is 12.2. The lowest BCUT2D eigenvalue weighted by Crippen LogP contribution is -2.27. The molecule has 0 fully saturated rings. The van der Waals surface area contributed by atoms with Crippen LogP contribution in [0.1, 0.15) is 206 Å². The zero-order valence-corrected chi connectivity index (χ0v) is 35.0. The number of rotatable bonds is 41. The fraction of sp³-hybridized carbons (Fsp3) is 0.735. The molecule has 4 heteroatoms. The van der Waals surface area contributed by atoms with Crippen LogP contribution in [0.25, 0.3) is 0 Å². The van der Waals surface area contributed by atoms with Crippen LogP contribution < -0.4 is 0 Å². The van der Waals surface area contributed by atoms with E-state index in [0.29, 0.717) is 13.0 Å². The second-order valence-corrected chi connectivity index (χ2v) is 14.7. The van der Waals surface area contributed by atoms with Gasteiger partial charge in [0.15, 0.2) is 0 Å². The lowest BCUT2D eigenvalue weighted by Gasteiger charge is -2.15. The molecule has 306 valence electrons. The highest BCUT2D eigenvalue weighted by molar-refractivity contribution is 5.69. The summed E-state index contributed by atoms with van der Waals surface area (Å²) in [5.74, 6) is -0.210. The lowest BCUT2D eigenvalue weighted by molar-refractivity contribution is -0.154. The van der Waals surface area contributed by atoms with Crippen molar-refractivity contribution in [1.29, 1.82) is 0 Å². The summed E-state index contributed by atoms with van der Waals surface area (Å²) in [4.78, 5) is 12.2. The molecule has 0 aliphatic rings. The highest BCUT2D eigenvalue weighted by atomic mass is 16.6. The highest BCUT2D eigenvalue weighted by Gasteiger charge is 2.13. The van der Waals surface area contributed by atoms with Gasteiger partial charge < -0.3 is 14.6 Å². The van der Waals surface area contributed by atoms with Crippen molar-refractivity contribution in [3.63, 3.8) is 0 Å². The predicted molar refractivity (Wildman–Crippen MR) is 232 cm³/mol. The molecule has 1 N–H and O–H groups in total. The third-order valence-electron chi connectivity index (χ3n) is 9.52. The summed E-state index contributed by atoms with van der Waals surface area (Å²) in [5, 5.41) is 9.62. The van der Waals surface area contributed by atoms with E-state index in [1.807, 2.05) is 0 Å². The Hall–Kier alpha value is -2.17. The van der Waals surface area contributed by atoms with Crippen molar-refractivity contribution in [1.82, 2.24) is 0 Å². The van der Waals surface area contributed by atoms with E-state index >= 15 is 0 Å². The van der Waals surface area contributed by atoms with E-state index in [9.17, 15) is 9.90 Å². The zero-order chi connectivity index (χ0) is 38.4. The van der Waals surface area contributed by atoms with E-state index < -0.39 is 6.10 Å². The highest BCUT2D eigenvalue weighted by Crippen LogP contribution is 2.13. The molecule has 0 rings (SSSR count). The fourth-order valence-electron chi connectivity index (χ4n) is 6.17. The predicted octanol–water partition coefficient (Wildman–Crippen LogP) is 15.0. The summed E-state index contributed by atoms with van der Waals surface area (Å²) < 4.78 is 11.2. The third kappa shape index (κ3) is 44.1. The number of ether oxygens (including phenoxy) is 2. The van der Waals surface area contributed by atoms with Gasteiger partial charge in [-0.3, -0.25) is 4.79 Å². The second kappa shape index (κ2) is 46.0. The van der Waals surface area contributed by atoms with Gasteiger partial charge in [-0.15, -0.1) is 0 Å². The molecule has 0 aliphatic heterocycles. The first-order valence-corrected chi connectivity index (χ1v) is 22.5. The second-order valence-electron chi connectivity index (χ2n) is 14.7. The van der Waals surface area contributed by atoms with Crippen molar-refractivity contribution in [2.45, 2.75) is 213 Å². The van der Waals surface area contributed by atoms with Gasteiger partial charge >= 0.3 is 5.97 Å². The summed E-state index contributed by atoms with van der Waals surface area (Å²) in [6, 6.07) is 0.